The van der Waals surface area contributed by atoms with E-state index in [0.29, 0.717) is 17.6 Å². The molecule has 0 fully saturated rings. The maximum Gasteiger partial charge on any atom is 0.251 e. The van der Waals surface area contributed by atoms with E-state index in [1.165, 1.54) is 10.6 Å². The highest BCUT2D eigenvalue weighted by Gasteiger charge is 1.98. The molecule has 0 aromatic carbocycles. The van der Waals surface area contributed by atoms with Gasteiger partial charge in [-0.25, -0.2) is 0 Å². The summed E-state index contributed by atoms with van der Waals surface area (Å²) in [5.74, 6) is 0. The van der Waals surface area contributed by atoms with E-state index in [0.717, 1.165) is 0 Å². The number of halogens is 1. The molecule has 62 valence electrons. The van der Waals surface area contributed by atoms with Crippen molar-refractivity contribution in [1.29, 1.82) is 5.26 Å². The number of nitrogens with zero attached hydrogens (tertiary/aromatic N) is 2. The molecule has 1 aromatic rings. The van der Waals surface area contributed by atoms with Gasteiger partial charge in [0.25, 0.3) is 5.56 Å². The first-order valence-electron chi connectivity index (χ1n) is 3.48. The van der Waals surface area contributed by atoms with E-state index >= 15 is 0 Å². The van der Waals surface area contributed by atoms with Crippen LogP contribution < -0.4 is 5.56 Å². The summed E-state index contributed by atoms with van der Waals surface area (Å²) in [6.07, 6.45) is 0.350. The highest BCUT2D eigenvalue weighted by Crippen LogP contribution is 2.05. The van der Waals surface area contributed by atoms with Gasteiger partial charge in [0.1, 0.15) is 0 Å². The van der Waals surface area contributed by atoms with Crippen LogP contribution in [0.15, 0.2) is 27.6 Å². The molecule has 0 bridgehead atoms. The van der Waals surface area contributed by atoms with E-state index in [4.69, 9.17) is 5.26 Å². The fraction of sp³-hybridized carbons (Fsp3) is 0.250. The van der Waals surface area contributed by atoms with Crippen molar-refractivity contribution in [3.05, 3.63) is 33.2 Å². The third-order valence-electron chi connectivity index (χ3n) is 1.44. The van der Waals surface area contributed by atoms with Gasteiger partial charge in [-0.2, -0.15) is 5.26 Å². The van der Waals surface area contributed by atoms with Crippen LogP contribution >= 0.6 is 15.9 Å². The molecule has 0 aliphatic carbocycles. The van der Waals surface area contributed by atoms with E-state index in [1.54, 1.807) is 12.1 Å². The molecule has 0 aliphatic rings. The zero-order chi connectivity index (χ0) is 8.97. The molecular weight excluding hydrogens is 220 g/mol. The van der Waals surface area contributed by atoms with E-state index in [2.05, 4.69) is 15.9 Å². The van der Waals surface area contributed by atoms with Gasteiger partial charge >= 0.3 is 0 Å². The van der Waals surface area contributed by atoms with Crippen LogP contribution in [0.25, 0.3) is 0 Å². The van der Waals surface area contributed by atoms with Crippen molar-refractivity contribution in [2.45, 2.75) is 13.0 Å². The number of hydrogen-bond donors (Lipinski definition) is 0. The molecule has 0 unspecified atom stereocenters. The van der Waals surface area contributed by atoms with Crippen LogP contribution in [0.3, 0.4) is 0 Å². The summed E-state index contributed by atoms with van der Waals surface area (Å²) >= 11 is 3.23. The lowest BCUT2D eigenvalue weighted by Crippen LogP contribution is -2.19. The molecule has 0 atom stereocenters. The van der Waals surface area contributed by atoms with Crippen LogP contribution in [0.4, 0.5) is 0 Å². The van der Waals surface area contributed by atoms with Crippen LogP contribution in [0, 0.1) is 11.3 Å². The molecule has 4 heteroatoms. The highest BCUT2D eigenvalue weighted by molar-refractivity contribution is 9.10. The second-order valence-electron chi connectivity index (χ2n) is 2.25. The van der Waals surface area contributed by atoms with E-state index < -0.39 is 0 Å². The zero-order valence-corrected chi connectivity index (χ0v) is 7.91. The quantitative estimate of drug-likeness (QED) is 0.719. The molecule has 3 nitrogen and oxygen atoms in total. The molecule has 0 N–H and O–H groups in total. The monoisotopic (exact) mass is 226 g/mol. The highest BCUT2D eigenvalue weighted by atomic mass is 79.9. The van der Waals surface area contributed by atoms with Crippen LogP contribution in [0.1, 0.15) is 6.42 Å². The molecule has 1 aromatic heterocycles. The summed E-state index contributed by atoms with van der Waals surface area (Å²) in [5, 5.41) is 8.33. The molecule has 1 heterocycles. The SMILES string of the molecule is N#CCCn1c(Br)cccc1=O. The number of aromatic nitrogens is 1. The lowest BCUT2D eigenvalue weighted by atomic mass is 10.4. The predicted molar refractivity (Wildman–Crippen MR) is 48.6 cm³/mol. The predicted octanol–water partition coefficient (Wildman–Crippen LogP) is 1.52. The van der Waals surface area contributed by atoms with E-state index in [-0.39, 0.29) is 5.56 Å². The lowest BCUT2D eigenvalue weighted by molar-refractivity contribution is 0.671. The van der Waals surface area contributed by atoms with Crippen molar-refractivity contribution in [1.82, 2.24) is 4.57 Å². The maximum absolute atomic E-state index is 11.2. The fourth-order valence-electron chi connectivity index (χ4n) is 0.874. The molecule has 0 amide bonds. The van der Waals surface area contributed by atoms with Crippen LogP contribution in [0.2, 0.25) is 0 Å². The van der Waals surface area contributed by atoms with E-state index in [9.17, 15) is 4.79 Å². The lowest BCUT2D eigenvalue weighted by Gasteiger charge is -2.03. The molecule has 12 heavy (non-hydrogen) atoms. The van der Waals surface area contributed by atoms with Crippen molar-refractivity contribution in [3.8, 4) is 6.07 Å². The maximum atomic E-state index is 11.2. The Bertz CT molecular complexity index is 364. The van der Waals surface area contributed by atoms with Crippen molar-refractivity contribution in [2.24, 2.45) is 0 Å². The Morgan fingerprint density at radius 1 is 1.58 bits per heavy atom. The second-order valence-corrected chi connectivity index (χ2v) is 3.06. The van der Waals surface area contributed by atoms with Crippen LogP contribution in [0.5, 0.6) is 0 Å². The fourth-order valence-corrected chi connectivity index (χ4v) is 1.38. The van der Waals surface area contributed by atoms with Crippen molar-refractivity contribution >= 4 is 15.9 Å². The summed E-state index contributed by atoms with van der Waals surface area (Å²) in [6, 6.07) is 6.92. The van der Waals surface area contributed by atoms with Crippen LogP contribution in [-0.2, 0) is 6.54 Å². The minimum atomic E-state index is -0.0837. The first-order chi connectivity index (χ1) is 5.75. The van der Waals surface area contributed by atoms with Crippen molar-refractivity contribution in [3.63, 3.8) is 0 Å². The van der Waals surface area contributed by atoms with Crippen molar-refractivity contribution in [2.75, 3.05) is 0 Å². The number of rotatable bonds is 2. The Balaban J connectivity index is 2.98. The minimum absolute atomic E-state index is 0.0837. The standard InChI is InChI=1S/C8H7BrN2O/c9-7-3-1-4-8(12)11(7)6-2-5-10/h1,3-4H,2,6H2. The Labute approximate surface area is 78.4 Å². The second kappa shape index (κ2) is 4.07. The molecular formula is C8H7BrN2O. The Hall–Kier alpha value is -1.08. The smallest absolute Gasteiger partial charge is 0.251 e. The Morgan fingerprint density at radius 2 is 2.33 bits per heavy atom. The van der Waals surface area contributed by atoms with E-state index in [1.807, 2.05) is 6.07 Å². The van der Waals surface area contributed by atoms with Gasteiger partial charge in [0.15, 0.2) is 0 Å². The average molecular weight is 227 g/mol. The normalized spacial score (nSPS) is 9.33. The van der Waals surface area contributed by atoms with Gasteiger partial charge in [0.05, 0.1) is 17.1 Å². The van der Waals surface area contributed by atoms with Gasteiger partial charge in [0.2, 0.25) is 0 Å². The Morgan fingerprint density at radius 3 is 2.92 bits per heavy atom. The number of hydrogen-bond acceptors (Lipinski definition) is 2. The summed E-state index contributed by atoms with van der Waals surface area (Å²) in [4.78, 5) is 11.2. The summed E-state index contributed by atoms with van der Waals surface area (Å²) in [7, 11) is 0. The molecule has 0 saturated heterocycles. The first-order valence-corrected chi connectivity index (χ1v) is 4.27. The number of nitriles is 1. The van der Waals surface area contributed by atoms with Gasteiger partial charge in [-0.15, -0.1) is 0 Å². The van der Waals surface area contributed by atoms with Crippen LogP contribution in [-0.4, -0.2) is 4.57 Å². The van der Waals surface area contributed by atoms with Gasteiger partial charge in [-0.3, -0.25) is 4.79 Å². The third-order valence-corrected chi connectivity index (χ3v) is 2.14. The largest absolute Gasteiger partial charge is 0.302 e. The molecule has 1 rings (SSSR count). The zero-order valence-electron chi connectivity index (χ0n) is 6.33. The molecule has 0 spiro atoms. The minimum Gasteiger partial charge on any atom is -0.302 e. The number of pyridine rings is 1. The van der Waals surface area contributed by atoms with Gasteiger partial charge in [-0.05, 0) is 22.0 Å². The molecule has 0 saturated carbocycles. The average Bonchev–Trinajstić information content (AvgIpc) is 2.04. The first kappa shape index (κ1) is 9.01. The van der Waals surface area contributed by atoms with Gasteiger partial charge < -0.3 is 4.57 Å². The summed E-state index contributed by atoms with van der Waals surface area (Å²) in [6.45, 7) is 0.441. The third kappa shape index (κ3) is 1.95. The summed E-state index contributed by atoms with van der Waals surface area (Å²) in [5.41, 5.74) is -0.0837. The van der Waals surface area contributed by atoms with Gasteiger partial charge in [-0.1, -0.05) is 6.07 Å². The molecule has 0 aliphatic heterocycles. The topological polar surface area (TPSA) is 45.8 Å². The Kier molecular flexibility index (Phi) is 3.06. The van der Waals surface area contributed by atoms with Gasteiger partial charge in [0, 0.05) is 12.6 Å². The summed E-state index contributed by atoms with van der Waals surface area (Å²) < 4.78 is 2.23. The van der Waals surface area contributed by atoms with Crippen molar-refractivity contribution < 1.29 is 0 Å². The molecule has 0 radical (unpaired) electrons.